The molecule has 0 aliphatic carbocycles. The normalized spacial score (nSPS) is 11.5. The fourth-order valence-electron chi connectivity index (χ4n) is 2.18. The van der Waals surface area contributed by atoms with Gasteiger partial charge in [-0.25, -0.2) is 4.98 Å². The van der Waals surface area contributed by atoms with E-state index in [0.717, 1.165) is 6.07 Å². The second-order valence-corrected chi connectivity index (χ2v) is 5.93. The molecule has 0 saturated carbocycles. The second-order valence-electron chi connectivity index (χ2n) is 5.93. The molecule has 11 heteroatoms. The molecule has 0 radical (unpaired) electrons. The number of hydrogen-bond acceptors (Lipinski definition) is 7. The van der Waals surface area contributed by atoms with Crippen LogP contribution in [-0.2, 0) is 12.7 Å². The largest absolute Gasteiger partial charge is 0.433 e. The van der Waals surface area contributed by atoms with Crippen LogP contribution < -0.4 is 10.6 Å². The third kappa shape index (κ3) is 6.06. The summed E-state index contributed by atoms with van der Waals surface area (Å²) in [5.74, 6) is -0.250. The van der Waals surface area contributed by atoms with Crippen LogP contribution in [0.1, 0.15) is 11.3 Å². The first kappa shape index (κ1) is 20.4. The number of nitro groups is 1. The van der Waals surface area contributed by atoms with Gasteiger partial charge in [0, 0.05) is 37.3 Å². The Balaban J connectivity index is 2.21. The predicted molar refractivity (Wildman–Crippen MR) is 94.5 cm³/mol. The molecule has 8 nitrogen and oxygen atoms in total. The average molecular weight is 384 g/mol. The van der Waals surface area contributed by atoms with Crippen LogP contribution in [0.25, 0.3) is 0 Å². The molecule has 0 spiro atoms. The Morgan fingerprint density at radius 2 is 1.89 bits per heavy atom. The van der Waals surface area contributed by atoms with Crippen molar-refractivity contribution in [3.63, 3.8) is 0 Å². The van der Waals surface area contributed by atoms with Gasteiger partial charge in [0.25, 0.3) is 5.69 Å². The molecule has 0 saturated heterocycles. The highest BCUT2D eigenvalue weighted by atomic mass is 19.4. The average Bonchev–Trinajstić information content (AvgIpc) is 2.59. The number of nitrogens with zero attached hydrogens (tertiary/aromatic N) is 4. The summed E-state index contributed by atoms with van der Waals surface area (Å²) >= 11 is 0. The van der Waals surface area contributed by atoms with Gasteiger partial charge in [-0.2, -0.15) is 18.2 Å². The first-order chi connectivity index (χ1) is 12.7. The van der Waals surface area contributed by atoms with Crippen LogP contribution in [0.2, 0.25) is 0 Å². The fraction of sp³-hybridized carbons (Fsp3) is 0.375. The molecule has 2 rings (SSSR count). The number of nitrogens with one attached hydrogen (secondary N) is 2. The van der Waals surface area contributed by atoms with E-state index in [1.165, 1.54) is 18.2 Å². The minimum Gasteiger partial charge on any atom is -0.366 e. The quantitative estimate of drug-likeness (QED) is 0.533. The highest BCUT2D eigenvalue weighted by molar-refractivity contribution is 5.46. The van der Waals surface area contributed by atoms with Crippen molar-refractivity contribution in [2.75, 3.05) is 37.8 Å². The van der Waals surface area contributed by atoms with Gasteiger partial charge in [-0.1, -0.05) is 18.2 Å². The minimum absolute atomic E-state index is 0.0530. The van der Waals surface area contributed by atoms with Crippen molar-refractivity contribution in [3.05, 3.63) is 51.7 Å². The zero-order chi connectivity index (χ0) is 20.0. The maximum Gasteiger partial charge on any atom is 0.433 e. The summed E-state index contributed by atoms with van der Waals surface area (Å²) in [6.45, 7) is 0.888. The van der Waals surface area contributed by atoms with E-state index in [0.29, 0.717) is 18.7 Å². The van der Waals surface area contributed by atoms with Gasteiger partial charge in [-0.3, -0.25) is 10.1 Å². The van der Waals surface area contributed by atoms with Gasteiger partial charge < -0.3 is 15.5 Å². The van der Waals surface area contributed by atoms with Gasteiger partial charge >= 0.3 is 6.18 Å². The highest BCUT2D eigenvalue weighted by Gasteiger charge is 2.33. The van der Waals surface area contributed by atoms with Gasteiger partial charge in [-0.05, 0) is 14.1 Å². The molecule has 2 N–H and O–H groups in total. The van der Waals surface area contributed by atoms with Gasteiger partial charge in [0.2, 0.25) is 5.95 Å². The highest BCUT2D eigenvalue weighted by Crippen LogP contribution is 2.30. The van der Waals surface area contributed by atoms with Gasteiger partial charge in [-0.15, -0.1) is 0 Å². The first-order valence-corrected chi connectivity index (χ1v) is 7.98. The lowest BCUT2D eigenvalue weighted by atomic mass is 10.2. The van der Waals surface area contributed by atoms with Crippen LogP contribution in [0.3, 0.4) is 0 Å². The maximum atomic E-state index is 13.1. The number of likely N-dealkylation sites (N-methyl/N-ethyl adjacent to an activating group) is 1. The van der Waals surface area contributed by atoms with Gasteiger partial charge in [0.05, 0.1) is 4.92 Å². The van der Waals surface area contributed by atoms with Crippen molar-refractivity contribution < 1.29 is 18.1 Å². The fourth-order valence-corrected chi connectivity index (χ4v) is 2.18. The van der Waals surface area contributed by atoms with Crippen molar-refractivity contribution in [2.45, 2.75) is 12.7 Å². The van der Waals surface area contributed by atoms with E-state index < -0.39 is 16.8 Å². The molecular formula is C16H19F3N6O2. The van der Waals surface area contributed by atoms with Crippen molar-refractivity contribution in [1.29, 1.82) is 0 Å². The standard InChI is InChI=1S/C16H19F3N6O2/c1-24(2)8-7-20-15-22-13(16(17,18)19)9-14(23-15)21-10-11-5-3-4-6-12(11)25(26)27/h3-6,9H,7-8,10H2,1-2H3,(H2,20,21,22,23). The van der Waals surface area contributed by atoms with Crippen molar-refractivity contribution in [3.8, 4) is 0 Å². The number of rotatable bonds is 8. The van der Waals surface area contributed by atoms with E-state index in [9.17, 15) is 23.3 Å². The van der Waals surface area contributed by atoms with E-state index >= 15 is 0 Å². The number of aromatic nitrogens is 2. The molecule has 0 amide bonds. The lowest BCUT2D eigenvalue weighted by molar-refractivity contribution is -0.385. The van der Waals surface area contributed by atoms with Gasteiger partial charge in [0.1, 0.15) is 5.82 Å². The summed E-state index contributed by atoms with van der Waals surface area (Å²) in [5.41, 5.74) is -0.897. The Morgan fingerprint density at radius 3 is 2.52 bits per heavy atom. The lowest BCUT2D eigenvalue weighted by Gasteiger charge is -2.14. The Kier molecular flexibility index (Phi) is 6.50. The number of alkyl halides is 3. The van der Waals surface area contributed by atoms with E-state index in [1.54, 1.807) is 6.07 Å². The number of anilines is 2. The summed E-state index contributed by atoms with van der Waals surface area (Å²) < 4.78 is 39.3. The molecule has 1 heterocycles. The topological polar surface area (TPSA) is 96.2 Å². The number of halogens is 3. The first-order valence-electron chi connectivity index (χ1n) is 7.98. The molecular weight excluding hydrogens is 365 g/mol. The lowest BCUT2D eigenvalue weighted by Crippen LogP contribution is -2.22. The third-order valence-corrected chi connectivity index (χ3v) is 3.51. The number of para-hydroxylation sites is 1. The minimum atomic E-state index is -4.64. The van der Waals surface area contributed by atoms with E-state index in [2.05, 4.69) is 20.6 Å². The molecule has 0 bridgehead atoms. The van der Waals surface area contributed by atoms with E-state index in [1.807, 2.05) is 19.0 Å². The van der Waals surface area contributed by atoms with Crippen molar-refractivity contribution in [2.24, 2.45) is 0 Å². The predicted octanol–water partition coefficient (Wildman–Crippen LogP) is 2.99. The van der Waals surface area contributed by atoms with E-state index in [4.69, 9.17) is 0 Å². The van der Waals surface area contributed by atoms with Crippen LogP contribution >= 0.6 is 0 Å². The van der Waals surface area contributed by atoms with Crippen LogP contribution in [-0.4, -0.2) is 47.0 Å². The zero-order valence-electron chi connectivity index (χ0n) is 14.7. The molecule has 27 heavy (non-hydrogen) atoms. The van der Waals surface area contributed by atoms with Crippen molar-refractivity contribution in [1.82, 2.24) is 14.9 Å². The Labute approximate surface area is 153 Å². The molecule has 0 aliphatic rings. The smallest absolute Gasteiger partial charge is 0.366 e. The second kappa shape index (κ2) is 8.62. The van der Waals surface area contributed by atoms with Crippen molar-refractivity contribution >= 4 is 17.5 Å². The summed E-state index contributed by atoms with van der Waals surface area (Å²) in [6, 6.07) is 6.74. The summed E-state index contributed by atoms with van der Waals surface area (Å²) in [5, 5.41) is 16.5. The molecule has 0 atom stereocenters. The molecule has 0 fully saturated rings. The van der Waals surface area contributed by atoms with Crippen LogP contribution in [0.5, 0.6) is 0 Å². The SMILES string of the molecule is CN(C)CCNc1nc(NCc2ccccc2[N+](=O)[O-])cc(C(F)(F)F)n1. The van der Waals surface area contributed by atoms with Crippen LogP contribution in [0.4, 0.5) is 30.6 Å². The van der Waals surface area contributed by atoms with E-state index in [-0.39, 0.29) is 24.0 Å². The number of nitro benzene ring substituents is 1. The molecule has 0 aliphatic heterocycles. The summed E-state index contributed by atoms with van der Waals surface area (Å²) in [7, 11) is 3.66. The molecule has 0 unspecified atom stereocenters. The van der Waals surface area contributed by atoms with Crippen LogP contribution in [0.15, 0.2) is 30.3 Å². The summed E-state index contributed by atoms with van der Waals surface area (Å²) in [6.07, 6.45) is -4.64. The molecule has 1 aromatic heterocycles. The van der Waals surface area contributed by atoms with Crippen LogP contribution in [0, 0.1) is 10.1 Å². The number of hydrogen-bond donors (Lipinski definition) is 2. The van der Waals surface area contributed by atoms with Gasteiger partial charge in [0.15, 0.2) is 5.69 Å². The molecule has 146 valence electrons. The monoisotopic (exact) mass is 384 g/mol. The molecule has 1 aromatic carbocycles. The Bertz CT molecular complexity index is 798. The maximum absolute atomic E-state index is 13.1. The Hall–Kier alpha value is -2.95. The summed E-state index contributed by atoms with van der Waals surface area (Å²) in [4.78, 5) is 19.8. The molecule has 2 aromatic rings. The number of benzene rings is 1. The third-order valence-electron chi connectivity index (χ3n) is 3.51. The Morgan fingerprint density at radius 1 is 1.19 bits per heavy atom. The zero-order valence-corrected chi connectivity index (χ0v) is 14.7.